The van der Waals surface area contributed by atoms with E-state index in [1.54, 1.807) is 5.56 Å². The summed E-state index contributed by atoms with van der Waals surface area (Å²) < 4.78 is 0. The van der Waals surface area contributed by atoms with Gasteiger partial charge in [-0.15, -0.1) is 0 Å². The largest absolute Gasteiger partial charge is 0.507 e. The molecule has 0 aliphatic rings. The lowest BCUT2D eigenvalue weighted by Gasteiger charge is -2.36. The van der Waals surface area contributed by atoms with Crippen molar-refractivity contribution in [3.63, 3.8) is 0 Å². The molecule has 0 aromatic heterocycles. The van der Waals surface area contributed by atoms with Crippen LogP contribution in [0.25, 0.3) is 0 Å². The standard InChI is InChI=1S/C30H54O/c1-10-13-16-17-18-19-22-24-23(20-14-11-2)25(21-15-12-3)28(31)27(30(7,8)9)26(24)29(4,5)6/h31H,10-22H2,1-9H3. The van der Waals surface area contributed by atoms with Crippen molar-refractivity contribution >= 4 is 0 Å². The summed E-state index contributed by atoms with van der Waals surface area (Å²) >= 11 is 0. The van der Waals surface area contributed by atoms with Gasteiger partial charge in [-0.25, -0.2) is 0 Å². The summed E-state index contributed by atoms with van der Waals surface area (Å²) in [5, 5.41) is 11.7. The molecule has 0 aliphatic carbocycles. The van der Waals surface area contributed by atoms with Crippen LogP contribution in [0.4, 0.5) is 0 Å². The highest BCUT2D eigenvalue weighted by atomic mass is 16.3. The molecule has 0 radical (unpaired) electrons. The van der Waals surface area contributed by atoms with Crippen molar-refractivity contribution < 1.29 is 5.11 Å². The van der Waals surface area contributed by atoms with E-state index in [4.69, 9.17) is 0 Å². The summed E-state index contributed by atoms with van der Waals surface area (Å²) in [4.78, 5) is 0. The van der Waals surface area contributed by atoms with Crippen molar-refractivity contribution in [2.75, 3.05) is 0 Å². The molecule has 0 bridgehead atoms. The minimum Gasteiger partial charge on any atom is -0.507 e. The van der Waals surface area contributed by atoms with Crippen molar-refractivity contribution in [2.24, 2.45) is 0 Å². The quantitative estimate of drug-likeness (QED) is 0.309. The number of rotatable bonds is 13. The van der Waals surface area contributed by atoms with Gasteiger partial charge < -0.3 is 5.11 Å². The smallest absolute Gasteiger partial charge is 0.123 e. The van der Waals surface area contributed by atoms with E-state index in [1.165, 1.54) is 86.5 Å². The van der Waals surface area contributed by atoms with Gasteiger partial charge in [0.15, 0.2) is 0 Å². The van der Waals surface area contributed by atoms with Crippen LogP contribution in [0, 0.1) is 0 Å². The van der Waals surface area contributed by atoms with E-state index in [9.17, 15) is 5.11 Å². The van der Waals surface area contributed by atoms with E-state index in [0.717, 1.165) is 19.3 Å². The van der Waals surface area contributed by atoms with Crippen LogP contribution >= 0.6 is 0 Å². The van der Waals surface area contributed by atoms with Gasteiger partial charge in [-0.2, -0.15) is 0 Å². The van der Waals surface area contributed by atoms with E-state index in [-0.39, 0.29) is 10.8 Å². The van der Waals surface area contributed by atoms with Crippen LogP contribution in [0.1, 0.15) is 154 Å². The maximum atomic E-state index is 11.7. The number of hydrogen-bond acceptors (Lipinski definition) is 1. The zero-order chi connectivity index (χ0) is 23.7. The van der Waals surface area contributed by atoms with Crippen LogP contribution in [-0.2, 0) is 30.1 Å². The summed E-state index contributed by atoms with van der Waals surface area (Å²) in [6, 6.07) is 0. The molecule has 1 heteroatoms. The Morgan fingerprint density at radius 3 is 1.39 bits per heavy atom. The minimum absolute atomic E-state index is 0.0297. The Morgan fingerprint density at radius 2 is 0.903 bits per heavy atom. The second-order valence-corrected chi connectivity index (χ2v) is 11.8. The van der Waals surface area contributed by atoms with Crippen molar-refractivity contribution in [3.8, 4) is 5.75 Å². The first-order chi connectivity index (χ1) is 14.5. The van der Waals surface area contributed by atoms with Crippen molar-refractivity contribution in [1.82, 2.24) is 0 Å². The fourth-order valence-corrected chi connectivity index (χ4v) is 5.09. The second-order valence-electron chi connectivity index (χ2n) is 11.8. The molecule has 0 aliphatic heterocycles. The van der Waals surface area contributed by atoms with E-state index in [0.29, 0.717) is 5.75 Å². The summed E-state index contributed by atoms with van der Waals surface area (Å²) in [6.45, 7) is 20.7. The van der Waals surface area contributed by atoms with E-state index >= 15 is 0 Å². The molecule has 180 valence electrons. The van der Waals surface area contributed by atoms with Gasteiger partial charge in [0, 0.05) is 5.56 Å². The number of phenolic OH excluding ortho intramolecular Hbond substituents is 1. The van der Waals surface area contributed by atoms with Gasteiger partial charge in [-0.05, 0) is 71.6 Å². The summed E-state index contributed by atoms with van der Waals surface area (Å²) in [5.41, 5.74) is 6.98. The van der Waals surface area contributed by atoms with Gasteiger partial charge in [-0.1, -0.05) is 107 Å². The van der Waals surface area contributed by atoms with E-state index in [2.05, 4.69) is 62.3 Å². The third kappa shape index (κ3) is 8.14. The molecule has 0 saturated carbocycles. The highest BCUT2D eigenvalue weighted by Crippen LogP contribution is 2.46. The normalized spacial score (nSPS) is 12.5. The summed E-state index contributed by atoms with van der Waals surface area (Å²) in [7, 11) is 0. The van der Waals surface area contributed by atoms with Gasteiger partial charge >= 0.3 is 0 Å². The Morgan fingerprint density at radius 1 is 0.484 bits per heavy atom. The molecule has 0 heterocycles. The Bertz CT molecular complexity index is 655. The lowest BCUT2D eigenvalue weighted by molar-refractivity contribution is 0.424. The Balaban J connectivity index is 3.63. The van der Waals surface area contributed by atoms with Gasteiger partial charge in [0.05, 0.1) is 0 Å². The zero-order valence-electron chi connectivity index (χ0n) is 22.6. The maximum Gasteiger partial charge on any atom is 0.123 e. The molecule has 0 atom stereocenters. The molecule has 1 rings (SSSR count). The molecule has 1 aromatic rings. The van der Waals surface area contributed by atoms with Gasteiger partial charge in [-0.3, -0.25) is 0 Å². The molecule has 1 nitrogen and oxygen atoms in total. The molecule has 0 unspecified atom stereocenters. The van der Waals surface area contributed by atoms with Gasteiger partial charge in [0.2, 0.25) is 0 Å². The summed E-state index contributed by atoms with van der Waals surface area (Å²) in [6.07, 6.45) is 16.0. The monoisotopic (exact) mass is 430 g/mol. The highest BCUT2D eigenvalue weighted by molar-refractivity contribution is 5.60. The van der Waals surface area contributed by atoms with Crippen molar-refractivity contribution in [1.29, 1.82) is 0 Å². The zero-order valence-corrected chi connectivity index (χ0v) is 22.6. The fourth-order valence-electron chi connectivity index (χ4n) is 5.09. The van der Waals surface area contributed by atoms with Crippen molar-refractivity contribution in [2.45, 2.75) is 157 Å². The molecular weight excluding hydrogens is 376 g/mol. The first kappa shape index (κ1) is 28.1. The molecule has 1 aromatic carbocycles. The van der Waals surface area contributed by atoms with Crippen LogP contribution in [0.2, 0.25) is 0 Å². The van der Waals surface area contributed by atoms with Crippen LogP contribution in [0.15, 0.2) is 0 Å². The third-order valence-electron chi connectivity index (χ3n) is 6.64. The first-order valence-electron chi connectivity index (χ1n) is 13.4. The lowest BCUT2D eigenvalue weighted by Crippen LogP contribution is -2.26. The van der Waals surface area contributed by atoms with E-state index < -0.39 is 0 Å². The molecular formula is C30H54O. The summed E-state index contributed by atoms with van der Waals surface area (Å²) in [5.74, 6) is 0.615. The lowest BCUT2D eigenvalue weighted by atomic mass is 9.69. The van der Waals surface area contributed by atoms with Gasteiger partial charge in [0.25, 0.3) is 0 Å². The van der Waals surface area contributed by atoms with Crippen LogP contribution < -0.4 is 0 Å². The number of hydrogen-bond donors (Lipinski definition) is 1. The molecule has 0 saturated heterocycles. The highest BCUT2D eigenvalue weighted by Gasteiger charge is 2.34. The Hall–Kier alpha value is -0.980. The molecule has 1 N–H and O–H groups in total. The average molecular weight is 431 g/mol. The van der Waals surface area contributed by atoms with Crippen LogP contribution in [-0.4, -0.2) is 5.11 Å². The van der Waals surface area contributed by atoms with Crippen molar-refractivity contribution in [3.05, 3.63) is 27.8 Å². The fraction of sp³-hybridized carbons (Fsp3) is 0.800. The number of benzene rings is 1. The predicted molar refractivity (Wildman–Crippen MR) is 140 cm³/mol. The van der Waals surface area contributed by atoms with Crippen LogP contribution in [0.3, 0.4) is 0 Å². The maximum absolute atomic E-state index is 11.7. The minimum atomic E-state index is -0.0627. The van der Waals surface area contributed by atoms with E-state index in [1.807, 2.05) is 0 Å². The van der Waals surface area contributed by atoms with Crippen LogP contribution in [0.5, 0.6) is 5.75 Å². The number of aromatic hydroxyl groups is 1. The number of unbranched alkanes of at least 4 members (excludes halogenated alkanes) is 7. The Labute approximate surface area is 195 Å². The molecule has 0 fully saturated rings. The van der Waals surface area contributed by atoms with Gasteiger partial charge in [0.1, 0.15) is 5.75 Å². The Kier molecular flexibility index (Phi) is 11.7. The predicted octanol–water partition coefficient (Wildman–Crippen LogP) is 9.58. The first-order valence-corrected chi connectivity index (χ1v) is 13.4. The second kappa shape index (κ2) is 12.9. The average Bonchev–Trinajstić information content (AvgIpc) is 2.66. The molecule has 0 spiro atoms. The topological polar surface area (TPSA) is 20.2 Å². The SMILES string of the molecule is CCCCCCCCc1c(CCCC)c(CCCC)c(O)c(C(C)(C)C)c1C(C)(C)C. The molecule has 0 amide bonds. The molecule has 31 heavy (non-hydrogen) atoms. The number of phenols is 1. The third-order valence-corrected chi connectivity index (χ3v) is 6.64.